The molecule has 5 heteroatoms. The molecule has 3 N–H and O–H groups in total. The summed E-state index contributed by atoms with van der Waals surface area (Å²) < 4.78 is 5.57. The number of aryl methyl sites for hydroxylation is 1. The van der Waals surface area contributed by atoms with Crippen LogP contribution in [0.3, 0.4) is 0 Å². The third-order valence-electron chi connectivity index (χ3n) is 2.60. The van der Waals surface area contributed by atoms with Gasteiger partial charge in [0, 0.05) is 12.5 Å². The summed E-state index contributed by atoms with van der Waals surface area (Å²) >= 11 is 0. The van der Waals surface area contributed by atoms with Crippen LogP contribution in [0.25, 0.3) is 0 Å². The van der Waals surface area contributed by atoms with Crippen LogP contribution in [0.1, 0.15) is 25.3 Å². The lowest BCUT2D eigenvalue weighted by atomic mass is 10.2. The largest absolute Gasteiger partial charge is 0.491 e. The number of carbonyl (C=O) groups is 1. The van der Waals surface area contributed by atoms with Gasteiger partial charge in [0.2, 0.25) is 5.91 Å². The van der Waals surface area contributed by atoms with E-state index in [0.29, 0.717) is 26.0 Å². The molecule has 0 fully saturated rings. The summed E-state index contributed by atoms with van der Waals surface area (Å²) in [7, 11) is 0. The van der Waals surface area contributed by atoms with Crippen molar-refractivity contribution in [2.45, 2.75) is 32.7 Å². The number of amides is 1. The second-order valence-corrected chi connectivity index (χ2v) is 4.48. The SMILES string of the molecule is Cc1ccccc1OCCNC(=O)CCC(C)N.Cl. The molecule has 0 saturated heterocycles. The average Bonchev–Trinajstić information content (AvgIpc) is 2.34. The highest BCUT2D eigenvalue weighted by molar-refractivity contribution is 5.85. The van der Waals surface area contributed by atoms with Crippen LogP contribution in [-0.4, -0.2) is 25.1 Å². The molecule has 0 radical (unpaired) electrons. The minimum absolute atomic E-state index is 0. The molecule has 1 aromatic carbocycles. The second-order valence-electron chi connectivity index (χ2n) is 4.48. The number of nitrogens with one attached hydrogen (secondary N) is 1. The number of ether oxygens (including phenoxy) is 1. The minimum atomic E-state index is 0. The lowest BCUT2D eigenvalue weighted by Crippen LogP contribution is -2.29. The Morgan fingerprint density at radius 1 is 1.42 bits per heavy atom. The molecule has 1 amide bonds. The lowest BCUT2D eigenvalue weighted by Gasteiger charge is -2.10. The van der Waals surface area contributed by atoms with Gasteiger partial charge < -0.3 is 15.8 Å². The highest BCUT2D eigenvalue weighted by Crippen LogP contribution is 2.15. The number of halogens is 1. The van der Waals surface area contributed by atoms with Crippen LogP contribution in [0.2, 0.25) is 0 Å². The predicted molar refractivity (Wildman–Crippen MR) is 79.8 cm³/mol. The Labute approximate surface area is 121 Å². The van der Waals surface area contributed by atoms with Gasteiger partial charge in [-0.1, -0.05) is 18.2 Å². The number of benzene rings is 1. The Balaban J connectivity index is 0.00000324. The van der Waals surface area contributed by atoms with E-state index in [0.717, 1.165) is 11.3 Å². The van der Waals surface area contributed by atoms with Gasteiger partial charge >= 0.3 is 0 Å². The molecule has 1 unspecified atom stereocenters. The van der Waals surface area contributed by atoms with Crippen molar-refractivity contribution >= 4 is 18.3 Å². The molecule has 1 atom stereocenters. The molecule has 108 valence electrons. The number of hydrogen-bond acceptors (Lipinski definition) is 3. The zero-order chi connectivity index (χ0) is 13.4. The van der Waals surface area contributed by atoms with Crippen LogP contribution in [0, 0.1) is 6.92 Å². The Kier molecular flexibility index (Phi) is 9.00. The fourth-order valence-corrected chi connectivity index (χ4v) is 1.52. The standard InChI is InChI=1S/C14H22N2O2.ClH/c1-11-5-3-4-6-13(11)18-10-9-16-14(17)8-7-12(2)15;/h3-6,12H,7-10,15H2,1-2H3,(H,16,17);1H. The lowest BCUT2D eigenvalue weighted by molar-refractivity contribution is -0.121. The Morgan fingerprint density at radius 2 is 2.11 bits per heavy atom. The van der Waals surface area contributed by atoms with E-state index in [2.05, 4.69) is 5.32 Å². The topological polar surface area (TPSA) is 64.3 Å². The molecule has 0 heterocycles. The van der Waals surface area contributed by atoms with Crippen LogP contribution in [0.5, 0.6) is 5.75 Å². The fraction of sp³-hybridized carbons (Fsp3) is 0.500. The summed E-state index contributed by atoms with van der Waals surface area (Å²) in [6.45, 7) is 4.89. The summed E-state index contributed by atoms with van der Waals surface area (Å²) in [5, 5.41) is 2.81. The highest BCUT2D eigenvalue weighted by Gasteiger charge is 2.03. The van der Waals surface area contributed by atoms with Crippen LogP contribution in [-0.2, 0) is 4.79 Å². The number of nitrogens with two attached hydrogens (primary N) is 1. The molecule has 0 bridgehead atoms. The van der Waals surface area contributed by atoms with Crippen molar-refractivity contribution < 1.29 is 9.53 Å². The van der Waals surface area contributed by atoms with E-state index in [1.807, 2.05) is 38.1 Å². The van der Waals surface area contributed by atoms with Gasteiger partial charge in [-0.05, 0) is 31.9 Å². The first-order valence-electron chi connectivity index (χ1n) is 6.30. The van der Waals surface area contributed by atoms with Gasteiger partial charge in [-0.25, -0.2) is 0 Å². The molecule has 0 aliphatic rings. The molecule has 0 aliphatic carbocycles. The van der Waals surface area contributed by atoms with Crippen molar-refractivity contribution in [1.82, 2.24) is 5.32 Å². The molecule has 0 saturated carbocycles. The van der Waals surface area contributed by atoms with Crippen molar-refractivity contribution in [2.75, 3.05) is 13.2 Å². The highest BCUT2D eigenvalue weighted by atomic mass is 35.5. The second kappa shape index (κ2) is 9.64. The van der Waals surface area contributed by atoms with Gasteiger partial charge in [-0.15, -0.1) is 12.4 Å². The van der Waals surface area contributed by atoms with Crippen LogP contribution in [0.15, 0.2) is 24.3 Å². The summed E-state index contributed by atoms with van der Waals surface area (Å²) in [4.78, 5) is 11.4. The van der Waals surface area contributed by atoms with Crippen LogP contribution < -0.4 is 15.8 Å². The zero-order valence-electron chi connectivity index (χ0n) is 11.5. The number of hydrogen-bond donors (Lipinski definition) is 2. The Morgan fingerprint density at radius 3 is 2.74 bits per heavy atom. The first-order valence-corrected chi connectivity index (χ1v) is 6.30. The maximum absolute atomic E-state index is 11.4. The number of carbonyl (C=O) groups excluding carboxylic acids is 1. The van der Waals surface area contributed by atoms with E-state index >= 15 is 0 Å². The molecular weight excluding hydrogens is 264 g/mol. The summed E-state index contributed by atoms with van der Waals surface area (Å²) in [5.41, 5.74) is 6.68. The third kappa shape index (κ3) is 7.70. The molecule has 1 aromatic rings. The van der Waals surface area contributed by atoms with E-state index in [-0.39, 0.29) is 24.4 Å². The summed E-state index contributed by atoms with van der Waals surface area (Å²) in [6, 6.07) is 7.89. The first-order chi connectivity index (χ1) is 8.59. The molecular formula is C14H23ClN2O2. The average molecular weight is 287 g/mol. The van der Waals surface area contributed by atoms with Gasteiger partial charge in [0.1, 0.15) is 12.4 Å². The van der Waals surface area contributed by atoms with Crippen LogP contribution >= 0.6 is 12.4 Å². The molecule has 0 spiro atoms. The van der Waals surface area contributed by atoms with Crippen molar-refractivity contribution in [3.63, 3.8) is 0 Å². The van der Waals surface area contributed by atoms with Gasteiger partial charge in [-0.2, -0.15) is 0 Å². The maximum atomic E-state index is 11.4. The van der Waals surface area contributed by atoms with E-state index in [4.69, 9.17) is 10.5 Å². The van der Waals surface area contributed by atoms with Gasteiger partial charge in [0.25, 0.3) is 0 Å². The van der Waals surface area contributed by atoms with Gasteiger partial charge in [0.05, 0.1) is 6.54 Å². The van der Waals surface area contributed by atoms with Crippen LogP contribution in [0.4, 0.5) is 0 Å². The van der Waals surface area contributed by atoms with Crippen molar-refractivity contribution in [2.24, 2.45) is 5.73 Å². The van der Waals surface area contributed by atoms with Gasteiger partial charge in [-0.3, -0.25) is 4.79 Å². The normalized spacial score (nSPS) is 11.3. The quantitative estimate of drug-likeness (QED) is 0.754. The maximum Gasteiger partial charge on any atom is 0.220 e. The zero-order valence-corrected chi connectivity index (χ0v) is 12.3. The predicted octanol–water partition coefficient (Wildman–Crippen LogP) is 2.04. The number of rotatable bonds is 7. The van der Waals surface area contributed by atoms with E-state index < -0.39 is 0 Å². The summed E-state index contributed by atoms with van der Waals surface area (Å²) in [6.07, 6.45) is 1.19. The molecule has 0 aliphatic heterocycles. The third-order valence-corrected chi connectivity index (χ3v) is 2.60. The molecule has 4 nitrogen and oxygen atoms in total. The summed E-state index contributed by atoms with van der Waals surface area (Å²) in [5.74, 6) is 0.892. The number of para-hydroxylation sites is 1. The van der Waals surface area contributed by atoms with Crippen molar-refractivity contribution in [1.29, 1.82) is 0 Å². The molecule has 1 rings (SSSR count). The van der Waals surface area contributed by atoms with E-state index in [1.54, 1.807) is 0 Å². The van der Waals surface area contributed by atoms with Gasteiger partial charge in [0.15, 0.2) is 0 Å². The molecule has 0 aromatic heterocycles. The van der Waals surface area contributed by atoms with Crippen molar-refractivity contribution in [3.05, 3.63) is 29.8 Å². The fourth-order valence-electron chi connectivity index (χ4n) is 1.52. The first kappa shape index (κ1) is 17.7. The Bertz CT molecular complexity index is 383. The monoisotopic (exact) mass is 286 g/mol. The molecule has 19 heavy (non-hydrogen) atoms. The van der Waals surface area contributed by atoms with E-state index in [1.165, 1.54) is 0 Å². The Hall–Kier alpha value is -1.26. The minimum Gasteiger partial charge on any atom is -0.491 e. The van der Waals surface area contributed by atoms with E-state index in [9.17, 15) is 4.79 Å². The smallest absolute Gasteiger partial charge is 0.220 e. The van der Waals surface area contributed by atoms with Crippen molar-refractivity contribution in [3.8, 4) is 5.75 Å².